The maximum absolute atomic E-state index is 11.3. The Morgan fingerprint density at radius 2 is 2.29 bits per heavy atom. The van der Waals surface area contributed by atoms with Crippen LogP contribution >= 0.6 is 0 Å². The van der Waals surface area contributed by atoms with Crippen molar-refractivity contribution in [2.24, 2.45) is 5.84 Å². The van der Waals surface area contributed by atoms with E-state index in [1.807, 2.05) is 19.3 Å². The second kappa shape index (κ2) is 7.05. The number of nitrogens with one attached hydrogen (secondary N) is 1. The second-order valence-corrected chi connectivity index (χ2v) is 3.70. The van der Waals surface area contributed by atoms with Gasteiger partial charge in [0.05, 0.1) is 31.1 Å². The van der Waals surface area contributed by atoms with E-state index in [0.717, 1.165) is 0 Å². The number of amides is 1. The van der Waals surface area contributed by atoms with Crippen LogP contribution in [0.3, 0.4) is 0 Å². The van der Waals surface area contributed by atoms with E-state index in [0.29, 0.717) is 24.5 Å². The Morgan fingerprint density at radius 1 is 1.53 bits per heavy atom. The molecule has 0 aromatic carbocycles. The number of ether oxygens (including phenoxy) is 2. The summed E-state index contributed by atoms with van der Waals surface area (Å²) in [5.41, 5.74) is 2.43. The minimum absolute atomic E-state index is 0.181. The highest BCUT2D eigenvalue weighted by Gasteiger charge is 2.13. The van der Waals surface area contributed by atoms with Gasteiger partial charge in [0.25, 0.3) is 5.91 Å². The molecule has 0 unspecified atom stereocenters. The summed E-state index contributed by atoms with van der Waals surface area (Å²) in [4.78, 5) is 11.3. The Morgan fingerprint density at radius 3 is 2.94 bits per heavy atom. The van der Waals surface area contributed by atoms with Crippen LogP contribution in [-0.4, -0.2) is 25.2 Å². The number of furan rings is 1. The van der Waals surface area contributed by atoms with Gasteiger partial charge < -0.3 is 13.9 Å². The Bertz CT molecular complexity index is 349. The van der Waals surface area contributed by atoms with Gasteiger partial charge in [0, 0.05) is 0 Å². The SMILES string of the molecule is CC(C)OCCOCc1occc1C(=O)NN. The molecule has 96 valence electrons. The van der Waals surface area contributed by atoms with Gasteiger partial charge in [-0.1, -0.05) is 0 Å². The molecule has 0 radical (unpaired) electrons. The van der Waals surface area contributed by atoms with E-state index in [-0.39, 0.29) is 12.7 Å². The molecule has 0 aliphatic heterocycles. The standard InChI is InChI=1S/C11H18N2O4/c1-8(2)16-6-5-15-7-10-9(3-4-17-10)11(14)13-12/h3-4,8H,5-7,12H2,1-2H3,(H,13,14). The lowest BCUT2D eigenvalue weighted by molar-refractivity contribution is 0.0102. The van der Waals surface area contributed by atoms with E-state index in [1.54, 1.807) is 6.07 Å². The maximum Gasteiger partial charge on any atom is 0.268 e. The summed E-state index contributed by atoms with van der Waals surface area (Å²) in [7, 11) is 0. The average Bonchev–Trinajstić information content (AvgIpc) is 2.75. The minimum Gasteiger partial charge on any atom is -0.466 e. The normalized spacial score (nSPS) is 10.8. The van der Waals surface area contributed by atoms with Gasteiger partial charge in [0.1, 0.15) is 12.4 Å². The first-order valence-corrected chi connectivity index (χ1v) is 5.41. The average molecular weight is 242 g/mol. The van der Waals surface area contributed by atoms with Crippen molar-refractivity contribution >= 4 is 5.91 Å². The predicted octanol–water partition coefficient (Wildman–Crippen LogP) is 0.825. The van der Waals surface area contributed by atoms with Crippen molar-refractivity contribution in [2.75, 3.05) is 13.2 Å². The van der Waals surface area contributed by atoms with E-state index in [1.165, 1.54) is 6.26 Å². The van der Waals surface area contributed by atoms with E-state index in [9.17, 15) is 4.79 Å². The smallest absolute Gasteiger partial charge is 0.268 e. The molecular weight excluding hydrogens is 224 g/mol. The van der Waals surface area contributed by atoms with Crippen molar-refractivity contribution in [1.29, 1.82) is 0 Å². The monoisotopic (exact) mass is 242 g/mol. The fourth-order valence-corrected chi connectivity index (χ4v) is 1.24. The fourth-order valence-electron chi connectivity index (χ4n) is 1.24. The molecule has 1 aromatic rings. The molecule has 0 atom stereocenters. The zero-order valence-electron chi connectivity index (χ0n) is 10.1. The number of carbonyl (C=O) groups is 1. The molecule has 3 N–H and O–H groups in total. The first kappa shape index (κ1) is 13.7. The number of rotatable bonds is 7. The van der Waals surface area contributed by atoms with Crippen LogP contribution < -0.4 is 11.3 Å². The van der Waals surface area contributed by atoms with Gasteiger partial charge in [-0.05, 0) is 19.9 Å². The molecule has 0 spiro atoms. The minimum atomic E-state index is -0.393. The van der Waals surface area contributed by atoms with Gasteiger partial charge in [-0.15, -0.1) is 0 Å². The third-order valence-corrected chi connectivity index (χ3v) is 2.03. The molecular formula is C11H18N2O4. The highest BCUT2D eigenvalue weighted by Crippen LogP contribution is 2.11. The molecule has 0 fully saturated rings. The molecule has 17 heavy (non-hydrogen) atoms. The molecule has 0 aliphatic carbocycles. The van der Waals surface area contributed by atoms with Crippen LogP contribution in [0.5, 0.6) is 0 Å². The molecule has 0 bridgehead atoms. The topological polar surface area (TPSA) is 86.7 Å². The van der Waals surface area contributed by atoms with Gasteiger partial charge in [0.2, 0.25) is 0 Å². The number of hydrazine groups is 1. The third kappa shape index (κ3) is 4.56. The van der Waals surface area contributed by atoms with E-state index >= 15 is 0 Å². The third-order valence-electron chi connectivity index (χ3n) is 2.03. The highest BCUT2D eigenvalue weighted by molar-refractivity contribution is 5.94. The van der Waals surface area contributed by atoms with Crippen LogP contribution in [0, 0.1) is 0 Å². The first-order valence-electron chi connectivity index (χ1n) is 5.41. The summed E-state index contributed by atoms with van der Waals surface area (Å²) in [5.74, 6) is 5.10. The number of nitrogen functional groups attached to an aromatic ring is 1. The van der Waals surface area contributed by atoms with Crippen molar-refractivity contribution in [1.82, 2.24) is 5.43 Å². The van der Waals surface area contributed by atoms with Crippen LogP contribution in [-0.2, 0) is 16.1 Å². The van der Waals surface area contributed by atoms with Gasteiger partial charge >= 0.3 is 0 Å². The summed E-state index contributed by atoms with van der Waals surface area (Å²) < 4.78 is 15.8. The molecule has 1 heterocycles. The van der Waals surface area contributed by atoms with Gasteiger partial charge in [0.15, 0.2) is 0 Å². The molecule has 0 saturated heterocycles. The Kier molecular flexibility index (Phi) is 5.68. The first-order chi connectivity index (χ1) is 8.15. The van der Waals surface area contributed by atoms with Crippen LogP contribution in [0.25, 0.3) is 0 Å². The zero-order valence-corrected chi connectivity index (χ0v) is 10.1. The molecule has 1 aromatic heterocycles. The Balaban J connectivity index is 2.32. The fraction of sp³-hybridized carbons (Fsp3) is 0.545. The van der Waals surface area contributed by atoms with Crippen molar-refractivity contribution in [3.63, 3.8) is 0 Å². The largest absolute Gasteiger partial charge is 0.466 e. The van der Waals surface area contributed by atoms with E-state index < -0.39 is 5.91 Å². The van der Waals surface area contributed by atoms with Gasteiger partial charge in [-0.3, -0.25) is 10.2 Å². The Hall–Kier alpha value is -1.37. The van der Waals surface area contributed by atoms with E-state index in [2.05, 4.69) is 0 Å². The van der Waals surface area contributed by atoms with Crippen LogP contribution in [0.15, 0.2) is 16.7 Å². The van der Waals surface area contributed by atoms with E-state index in [4.69, 9.17) is 19.7 Å². The lowest BCUT2D eigenvalue weighted by atomic mass is 10.2. The van der Waals surface area contributed by atoms with Crippen LogP contribution in [0.4, 0.5) is 0 Å². The molecule has 6 nitrogen and oxygen atoms in total. The molecule has 1 amide bonds. The summed E-state index contributed by atoms with van der Waals surface area (Å²) >= 11 is 0. The summed E-state index contributed by atoms with van der Waals surface area (Å²) in [5, 5.41) is 0. The van der Waals surface area contributed by atoms with Crippen LogP contribution in [0.1, 0.15) is 30.0 Å². The Labute approximate surface area is 100 Å². The maximum atomic E-state index is 11.3. The number of hydrogen-bond donors (Lipinski definition) is 2. The summed E-state index contributed by atoms with van der Waals surface area (Å²) in [6.45, 7) is 5.09. The summed E-state index contributed by atoms with van der Waals surface area (Å²) in [6.07, 6.45) is 1.61. The van der Waals surface area contributed by atoms with Gasteiger partial charge in [-0.2, -0.15) is 0 Å². The number of hydrogen-bond acceptors (Lipinski definition) is 5. The van der Waals surface area contributed by atoms with Gasteiger partial charge in [-0.25, -0.2) is 5.84 Å². The van der Waals surface area contributed by atoms with Crippen molar-refractivity contribution < 1.29 is 18.7 Å². The molecule has 0 aliphatic rings. The lowest BCUT2D eigenvalue weighted by Crippen LogP contribution is -2.30. The highest BCUT2D eigenvalue weighted by atomic mass is 16.5. The van der Waals surface area contributed by atoms with Crippen molar-refractivity contribution in [3.8, 4) is 0 Å². The lowest BCUT2D eigenvalue weighted by Gasteiger charge is -2.07. The predicted molar refractivity (Wildman–Crippen MR) is 61.1 cm³/mol. The number of carbonyl (C=O) groups excluding carboxylic acids is 1. The quantitative estimate of drug-likeness (QED) is 0.320. The van der Waals surface area contributed by atoms with Crippen molar-refractivity contribution in [2.45, 2.75) is 26.6 Å². The second-order valence-electron chi connectivity index (χ2n) is 3.70. The molecule has 1 rings (SSSR count). The van der Waals surface area contributed by atoms with Crippen LogP contribution in [0.2, 0.25) is 0 Å². The summed E-state index contributed by atoms with van der Waals surface area (Å²) in [6, 6.07) is 1.55. The van der Waals surface area contributed by atoms with Crippen molar-refractivity contribution in [3.05, 3.63) is 23.7 Å². The molecule has 6 heteroatoms. The molecule has 0 saturated carbocycles. The number of nitrogens with two attached hydrogens (primary N) is 1. The zero-order chi connectivity index (χ0) is 12.7.